The second kappa shape index (κ2) is 3.40. The maximum Gasteiger partial charge on any atom is -0.0269 e. The summed E-state index contributed by atoms with van der Waals surface area (Å²) < 4.78 is 0. The second-order valence-corrected chi connectivity index (χ2v) is 4.80. The molecule has 0 spiro atoms. The van der Waals surface area contributed by atoms with Crippen LogP contribution in [0.15, 0.2) is 0 Å². The molecule has 0 atom stereocenters. The van der Waals surface area contributed by atoms with Crippen molar-refractivity contribution >= 4 is 0 Å². The van der Waals surface area contributed by atoms with Crippen LogP contribution >= 0.6 is 0 Å². The molecule has 0 nitrogen and oxygen atoms in total. The largest absolute Gasteiger partial charge is 0.0530 e. The second-order valence-electron chi connectivity index (χ2n) is 4.80. The SMILES string of the molecule is [CH2]CC12CCCCC1CCCC2. The molecule has 0 bridgehead atoms. The first-order valence-corrected chi connectivity index (χ1v) is 5.67. The van der Waals surface area contributed by atoms with Gasteiger partial charge in [0.25, 0.3) is 0 Å². The lowest BCUT2D eigenvalue weighted by atomic mass is 9.58. The molecule has 0 saturated heterocycles. The van der Waals surface area contributed by atoms with Crippen LogP contribution in [0.25, 0.3) is 0 Å². The Balaban J connectivity index is 2.10. The number of hydrogen-bond acceptors (Lipinski definition) is 0. The van der Waals surface area contributed by atoms with Gasteiger partial charge in [-0.2, -0.15) is 0 Å². The van der Waals surface area contributed by atoms with E-state index < -0.39 is 0 Å². The van der Waals surface area contributed by atoms with E-state index in [4.69, 9.17) is 0 Å². The Morgan fingerprint density at radius 1 is 1.00 bits per heavy atom. The smallest absolute Gasteiger partial charge is 0.0269 e. The van der Waals surface area contributed by atoms with Gasteiger partial charge in [-0.1, -0.05) is 32.6 Å². The molecule has 2 rings (SSSR count). The lowest BCUT2D eigenvalue weighted by Crippen LogP contribution is -2.35. The fraction of sp³-hybridized carbons (Fsp3) is 0.917. The zero-order valence-electron chi connectivity index (χ0n) is 8.15. The van der Waals surface area contributed by atoms with Gasteiger partial charge in [-0.3, -0.25) is 0 Å². The lowest BCUT2D eigenvalue weighted by molar-refractivity contribution is 0.0474. The first kappa shape index (κ1) is 8.59. The van der Waals surface area contributed by atoms with Gasteiger partial charge in [0.15, 0.2) is 0 Å². The summed E-state index contributed by atoms with van der Waals surface area (Å²) in [5.74, 6) is 1.05. The van der Waals surface area contributed by atoms with Crippen molar-refractivity contribution < 1.29 is 0 Å². The molecule has 0 N–H and O–H groups in total. The predicted molar refractivity (Wildman–Crippen MR) is 52.8 cm³/mol. The molecule has 2 aliphatic rings. The van der Waals surface area contributed by atoms with Gasteiger partial charge in [0.05, 0.1) is 0 Å². The van der Waals surface area contributed by atoms with E-state index in [0.717, 1.165) is 5.92 Å². The van der Waals surface area contributed by atoms with E-state index in [1.807, 2.05) is 0 Å². The molecule has 0 unspecified atom stereocenters. The molecule has 12 heavy (non-hydrogen) atoms. The van der Waals surface area contributed by atoms with E-state index in [9.17, 15) is 0 Å². The van der Waals surface area contributed by atoms with Gasteiger partial charge in [-0.05, 0) is 43.4 Å². The Hall–Kier alpha value is 0. The summed E-state index contributed by atoms with van der Waals surface area (Å²) >= 11 is 0. The third kappa shape index (κ3) is 1.30. The monoisotopic (exact) mass is 165 g/mol. The van der Waals surface area contributed by atoms with Crippen LogP contribution in [-0.4, -0.2) is 0 Å². The van der Waals surface area contributed by atoms with Gasteiger partial charge in [-0.25, -0.2) is 0 Å². The van der Waals surface area contributed by atoms with Crippen LogP contribution in [0, 0.1) is 18.3 Å². The molecule has 0 aromatic rings. The number of hydrogen-bond donors (Lipinski definition) is 0. The highest BCUT2D eigenvalue weighted by atomic mass is 14.4. The van der Waals surface area contributed by atoms with E-state index in [0.29, 0.717) is 5.41 Å². The third-order valence-corrected chi connectivity index (χ3v) is 4.32. The highest BCUT2D eigenvalue weighted by molar-refractivity contribution is 4.92. The van der Waals surface area contributed by atoms with Crippen molar-refractivity contribution in [2.24, 2.45) is 11.3 Å². The Morgan fingerprint density at radius 2 is 1.58 bits per heavy atom. The molecule has 0 heterocycles. The molecule has 0 aliphatic heterocycles. The van der Waals surface area contributed by atoms with Gasteiger partial charge >= 0.3 is 0 Å². The molecule has 0 amide bonds. The molecule has 69 valence electrons. The summed E-state index contributed by atoms with van der Waals surface area (Å²) in [7, 11) is 0. The van der Waals surface area contributed by atoms with Crippen molar-refractivity contribution in [2.45, 2.75) is 57.8 Å². The predicted octanol–water partition coefficient (Wildman–Crippen LogP) is 3.96. The first-order valence-electron chi connectivity index (χ1n) is 5.67. The van der Waals surface area contributed by atoms with Crippen molar-refractivity contribution in [1.82, 2.24) is 0 Å². The zero-order chi connectivity index (χ0) is 8.44. The molecule has 2 fully saturated rings. The van der Waals surface area contributed by atoms with Gasteiger partial charge in [-0.15, -0.1) is 0 Å². The van der Waals surface area contributed by atoms with Crippen LogP contribution in [0.5, 0.6) is 0 Å². The molecular weight excluding hydrogens is 144 g/mol. The summed E-state index contributed by atoms with van der Waals surface area (Å²) in [6, 6.07) is 0. The van der Waals surface area contributed by atoms with E-state index in [-0.39, 0.29) is 0 Å². The van der Waals surface area contributed by atoms with Crippen molar-refractivity contribution in [3.63, 3.8) is 0 Å². The normalized spacial score (nSPS) is 42.2. The number of rotatable bonds is 1. The minimum absolute atomic E-state index is 0.705. The average molecular weight is 165 g/mol. The zero-order valence-corrected chi connectivity index (χ0v) is 8.15. The van der Waals surface area contributed by atoms with E-state index in [1.54, 1.807) is 0 Å². The minimum Gasteiger partial charge on any atom is -0.0530 e. The topological polar surface area (TPSA) is 0 Å². The molecule has 0 aromatic carbocycles. The lowest BCUT2D eigenvalue weighted by Gasteiger charge is -2.47. The minimum atomic E-state index is 0.705. The summed E-state index contributed by atoms with van der Waals surface area (Å²) in [6.07, 6.45) is 13.1. The maximum absolute atomic E-state index is 4.18. The van der Waals surface area contributed by atoms with Crippen LogP contribution in [0.4, 0.5) is 0 Å². The molecule has 0 aromatic heterocycles. The maximum atomic E-state index is 4.18. The Bertz CT molecular complexity index is 136. The van der Waals surface area contributed by atoms with Crippen molar-refractivity contribution in [2.75, 3.05) is 0 Å². The van der Waals surface area contributed by atoms with Gasteiger partial charge in [0.2, 0.25) is 0 Å². The average Bonchev–Trinajstić information content (AvgIpc) is 2.18. The fourth-order valence-corrected chi connectivity index (χ4v) is 3.48. The molecule has 2 saturated carbocycles. The van der Waals surface area contributed by atoms with E-state index >= 15 is 0 Å². The first-order chi connectivity index (χ1) is 5.87. The Morgan fingerprint density at radius 3 is 2.00 bits per heavy atom. The molecule has 2 aliphatic carbocycles. The van der Waals surface area contributed by atoms with Crippen molar-refractivity contribution in [1.29, 1.82) is 0 Å². The highest BCUT2D eigenvalue weighted by Crippen LogP contribution is 2.52. The summed E-state index contributed by atoms with van der Waals surface area (Å²) in [5, 5.41) is 0. The van der Waals surface area contributed by atoms with Gasteiger partial charge < -0.3 is 0 Å². The van der Waals surface area contributed by atoms with Gasteiger partial charge in [0, 0.05) is 0 Å². The standard InChI is InChI=1S/C12H21/c1-2-12-9-5-3-7-11(12)8-4-6-10-12/h11H,1-10H2. The summed E-state index contributed by atoms with van der Waals surface area (Å²) in [4.78, 5) is 0. The van der Waals surface area contributed by atoms with Crippen LogP contribution in [-0.2, 0) is 0 Å². The fourth-order valence-electron chi connectivity index (χ4n) is 3.48. The molecule has 0 heteroatoms. The highest BCUT2D eigenvalue weighted by Gasteiger charge is 2.40. The Labute approximate surface area is 76.7 Å². The van der Waals surface area contributed by atoms with Crippen molar-refractivity contribution in [3.05, 3.63) is 6.92 Å². The van der Waals surface area contributed by atoms with Crippen LogP contribution in [0.3, 0.4) is 0 Å². The van der Waals surface area contributed by atoms with Crippen LogP contribution in [0.2, 0.25) is 0 Å². The number of fused-ring (bicyclic) bond motifs is 1. The van der Waals surface area contributed by atoms with Crippen LogP contribution < -0.4 is 0 Å². The van der Waals surface area contributed by atoms with E-state index in [2.05, 4.69) is 6.92 Å². The third-order valence-electron chi connectivity index (χ3n) is 4.32. The van der Waals surface area contributed by atoms with Gasteiger partial charge in [0.1, 0.15) is 0 Å². The summed E-state index contributed by atoms with van der Waals surface area (Å²) in [6.45, 7) is 4.18. The quantitative estimate of drug-likeness (QED) is 0.551. The Kier molecular flexibility index (Phi) is 2.43. The molecular formula is C12H21. The van der Waals surface area contributed by atoms with Crippen LogP contribution in [0.1, 0.15) is 57.8 Å². The van der Waals surface area contributed by atoms with E-state index in [1.165, 1.54) is 57.8 Å². The summed E-state index contributed by atoms with van der Waals surface area (Å²) in [5.41, 5.74) is 0.705. The van der Waals surface area contributed by atoms with Crippen molar-refractivity contribution in [3.8, 4) is 0 Å². The molecule has 1 radical (unpaired) electrons.